The molecule has 0 aliphatic carbocycles. The molecule has 1 aromatic heterocycles. The first kappa shape index (κ1) is 16.7. The quantitative estimate of drug-likeness (QED) is 0.614. The van der Waals surface area contributed by atoms with Crippen LogP contribution in [-0.2, 0) is 16.3 Å². The molecule has 0 saturated carbocycles. The Hall–Kier alpha value is -1.63. The van der Waals surface area contributed by atoms with Crippen LogP contribution in [-0.4, -0.2) is 50.0 Å². The molecule has 2 rings (SSSR count). The highest BCUT2D eigenvalue weighted by Crippen LogP contribution is 2.11. The van der Waals surface area contributed by atoms with Gasteiger partial charge in [-0.1, -0.05) is 6.07 Å². The summed E-state index contributed by atoms with van der Waals surface area (Å²) in [6, 6.07) is 4.01. The Morgan fingerprint density at radius 3 is 2.86 bits per heavy atom. The fourth-order valence-electron chi connectivity index (χ4n) is 2.37. The summed E-state index contributed by atoms with van der Waals surface area (Å²) in [6.07, 6.45) is 3.33. The highest BCUT2D eigenvalue weighted by Gasteiger charge is 2.28. The minimum absolute atomic E-state index is 0.0381. The normalized spacial score (nSPS) is 20.8. The first-order chi connectivity index (χ1) is 10.5. The van der Waals surface area contributed by atoms with E-state index < -0.39 is 9.84 Å². The lowest BCUT2D eigenvalue weighted by atomic mass is 10.2. The van der Waals surface area contributed by atoms with Crippen LogP contribution in [0.15, 0.2) is 23.3 Å². The molecule has 0 spiro atoms. The van der Waals surface area contributed by atoms with Crippen molar-refractivity contribution < 1.29 is 8.42 Å². The summed E-state index contributed by atoms with van der Waals surface area (Å²) in [5.74, 6) is 1.14. The lowest BCUT2D eigenvalue weighted by molar-refractivity contribution is 0.599. The lowest BCUT2D eigenvalue weighted by Crippen LogP contribution is -2.44. The van der Waals surface area contributed by atoms with Crippen molar-refractivity contribution in [3.05, 3.63) is 29.6 Å². The van der Waals surface area contributed by atoms with Crippen LogP contribution in [0, 0.1) is 6.92 Å². The van der Waals surface area contributed by atoms with Gasteiger partial charge in [0.1, 0.15) is 0 Å². The Balaban J connectivity index is 1.88. The van der Waals surface area contributed by atoms with E-state index >= 15 is 0 Å². The minimum atomic E-state index is -2.88. The van der Waals surface area contributed by atoms with Gasteiger partial charge in [0.2, 0.25) is 0 Å². The Morgan fingerprint density at radius 1 is 1.45 bits per heavy atom. The van der Waals surface area contributed by atoms with Gasteiger partial charge in [-0.05, 0) is 38.3 Å². The van der Waals surface area contributed by atoms with Gasteiger partial charge < -0.3 is 10.6 Å². The van der Waals surface area contributed by atoms with Gasteiger partial charge in [0.15, 0.2) is 15.8 Å². The number of pyridine rings is 1. The number of aliphatic imine (C=N–C) groups is 1. The van der Waals surface area contributed by atoms with Crippen LogP contribution in [0.5, 0.6) is 0 Å². The van der Waals surface area contributed by atoms with Crippen molar-refractivity contribution in [3.8, 4) is 0 Å². The minimum Gasteiger partial charge on any atom is -0.357 e. The molecule has 122 valence electrons. The average Bonchev–Trinajstić information content (AvgIpc) is 2.80. The number of sulfone groups is 1. The number of rotatable bonds is 5. The Morgan fingerprint density at radius 2 is 2.27 bits per heavy atom. The maximum Gasteiger partial charge on any atom is 0.191 e. The van der Waals surface area contributed by atoms with Crippen molar-refractivity contribution in [2.45, 2.75) is 32.7 Å². The summed E-state index contributed by atoms with van der Waals surface area (Å²) in [5, 5.41) is 6.37. The van der Waals surface area contributed by atoms with Crippen molar-refractivity contribution in [2.24, 2.45) is 4.99 Å². The summed E-state index contributed by atoms with van der Waals surface area (Å²) in [6.45, 7) is 5.34. The second-order valence-corrected chi connectivity index (χ2v) is 7.79. The van der Waals surface area contributed by atoms with Crippen molar-refractivity contribution >= 4 is 15.8 Å². The van der Waals surface area contributed by atoms with E-state index in [4.69, 9.17) is 0 Å². The highest BCUT2D eigenvalue weighted by atomic mass is 32.2. The van der Waals surface area contributed by atoms with Crippen LogP contribution in [0.2, 0.25) is 0 Å². The number of aromatic nitrogens is 1. The maximum atomic E-state index is 11.5. The smallest absolute Gasteiger partial charge is 0.191 e. The predicted octanol–water partition coefficient (Wildman–Crippen LogP) is 0.675. The molecule has 0 aromatic carbocycles. The first-order valence-electron chi connectivity index (χ1n) is 7.65. The van der Waals surface area contributed by atoms with E-state index in [1.54, 1.807) is 0 Å². The van der Waals surface area contributed by atoms with Gasteiger partial charge in [-0.2, -0.15) is 0 Å². The van der Waals surface area contributed by atoms with Gasteiger partial charge >= 0.3 is 0 Å². The molecule has 0 amide bonds. The van der Waals surface area contributed by atoms with E-state index in [1.165, 1.54) is 0 Å². The predicted molar refractivity (Wildman–Crippen MR) is 88.9 cm³/mol. The third-order valence-electron chi connectivity index (χ3n) is 3.56. The van der Waals surface area contributed by atoms with Crippen molar-refractivity contribution in [2.75, 3.05) is 24.6 Å². The van der Waals surface area contributed by atoms with Crippen LogP contribution < -0.4 is 10.6 Å². The topological polar surface area (TPSA) is 83.4 Å². The zero-order chi connectivity index (χ0) is 16.0. The summed E-state index contributed by atoms with van der Waals surface area (Å²) >= 11 is 0. The molecule has 7 heteroatoms. The van der Waals surface area contributed by atoms with Crippen molar-refractivity contribution in [1.29, 1.82) is 0 Å². The molecule has 1 unspecified atom stereocenters. The van der Waals surface area contributed by atoms with Crippen LogP contribution in [0.1, 0.15) is 24.6 Å². The Labute approximate surface area is 132 Å². The third-order valence-corrected chi connectivity index (χ3v) is 5.33. The second kappa shape index (κ2) is 7.58. The molecule has 2 N–H and O–H groups in total. The molecule has 1 aliphatic heterocycles. The molecule has 22 heavy (non-hydrogen) atoms. The molecule has 6 nitrogen and oxygen atoms in total. The van der Waals surface area contributed by atoms with Crippen LogP contribution in [0.25, 0.3) is 0 Å². The van der Waals surface area contributed by atoms with E-state index in [0.29, 0.717) is 18.9 Å². The molecule has 2 heterocycles. The molecular weight excluding hydrogens is 300 g/mol. The number of hydrogen-bond acceptors (Lipinski definition) is 4. The number of hydrogen-bond donors (Lipinski definition) is 2. The largest absolute Gasteiger partial charge is 0.357 e. The standard InChI is InChI=1S/C15H24N4O2S/c1-3-16-15(19-14-7-9-22(20,21)11-14)17-8-6-13-5-4-12(2)18-10-13/h4-5,10,14H,3,6-9,11H2,1-2H3,(H2,16,17,19). The Kier molecular flexibility index (Phi) is 5.76. The molecule has 1 aliphatic rings. The van der Waals surface area contributed by atoms with Gasteiger partial charge in [-0.25, -0.2) is 8.42 Å². The molecule has 1 aromatic rings. The Bertz CT molecular complexity index is 611. The van der Waals surface area contributed by atoms with E-state index in [-0.39, 0.29) is 17.5 Å². The van der Waals surface area contributed by atoms with Gasteiger partial charge in [0, 0.05) is 31.0 Å². The van der Waals surface area contributed by atoms with E-state index in [0.717, 1.165) is 24.2 Å². The second-order valence-electron chi connectivity index (χ2n) is 5.56. The molecule has 1 fully saturated rings. The van der Waals surface area contributed by atoms with E-state index in [1.807, 2.05) is 26.1 Å². The summed E-state index contributed by atoms with van der Waals surface area (Å²) in [5.41, 5.74) is 2.15. The summed E-state index contributed by atoms with van der Waals surface area (Å²) in [4.78, 5) is 8.78. The molecule has 0 bridgehead atoms. The monoisotopic (exact) mass is 324 g/mol. The number of nitrogens with one attached hydrogen (secondary N) is 2. The zero-order valence-corrected chi connectivity index (χ0v) is 14.0. The third kappa shape index (κ3) is 5.29. The van der Waals surface area contributed by atoms with Crippen molar-refractivity contribution in [3.63, 3.8) is 0 Å². The van der Waals surface area contributed by atoms with Gasteiger partial charge in [-0.3, -0.25) is 9.98 Å². The lowest BCUT2D eigenvalue weighted by Gasteiger charge is -2.15. The van der Waals surface area contributed by atoms with Crippen molar-refractivity contribution in [1.82, 2.24) is 15.6 Å². The van der Waals surface area contributed by atoms with Gasteiger partial charge in [0.25, 0.3) is 0 Å². The van der Waals surface area contributed by atoms with Crippen LogP contribution in [0.4, 0.5) is 0 Å². The summed E-state index contributed by atoms with van der Waals surface area (Å²) < 4.78 is 23.0. The molecule has 1 atom stereocenters. The molecule has 1 saturated heterocycles. The number of nitrogens with zero attached hydrogens (tertiary/aromatic N) is 2. The fourth-order valence-corrected chi connectivity index (χ4v) is 4.04. The highest BCUT2D eigenvalue weighted by molar-refractivity contribution is 7.91. The summed E-state index contributed by atoms with van der Waals surface area (Å²) in [7, 11) is -2.88. The molecular formula is C15H24N4O2S. The fraction of sp³-hybridized carbons (Fsp3) is 0.600. The van der Waals surface area contributed by atoms with Gasteiger partial charge in [0.05, 0.1) is 11.5 Å². The molecule has 0 radical (unpaired) electrons. The SMILES string of the molecule is CCNC(=NCCc1ccc(C)nc1)NC1CCS(=O)(=O)C1. The average molecular weight is 324 g/mol. The van der Waals surface area contributed by atoms with E-state index in [2.05, 4.69) is 26.7 Å². The number of aryl methyl sites for hydroxylation is 1. The first-order valence-corrected chi connectivity index (χ1v) is 9.47. The van der Waals surface area contributed by atoms with Crippen LogP contribution >= 0.6 is 0 Å². The number of guanidine groups is 1. The van der Waals surface area contributed by atoms with E-state index in [9.17, 15) is 8.42 Å². The zero-order valence-electron chi connectivity index (χ0n) is 13.2. The van der Waals surface area contributed by atoms with Crippen LogP contribution in [0.3, 0.4) is 0 Å². The maximum absolute atomic E-state index is 11.5. The van der Waals surface area contributed by atoms with Gasteiger partial charge in [-0.15, -0.1) is 0 Å².